The van der Waals surface area contributed by atoms with E-state index in [4.69, 9.17) is 4.74 Å². The van der Waals surface area contributed by atoms with Crippen molar-refractivity contribution in [2.24, 2.45) is 0 Å². The number of hydrogen-bond acceptors (Lipinski definition) is 6. The Labute approximate surface area is 195 Å². The van der Waals surface area contributed by atoms with Crippen molar-refractivity contribution in [3.05, 3.63) is 64.6 Å². The summed E-state index contributed by atoms with van der Waals surface area (Å²) in [7, 11) is 1.56. The van der Waals surface area contributed by atoms with Crippen molar-refractivity contribution >= 4 is 28.9 Å². The summed E-state index contributed by atoms with van der Waals surface area (Å²) in [6.45, 7) is 3.36. The zero-order chi connectivity index (χ0) is 24.5. The molecule has 0 spiro atoms. The molecule has 1 aliphatic rings. The number of aromatic nitrogens is 2. The van der Waals surface area contributed by atoms with Gasteiger partial charge >= 0.3 is 6.03 Å². The van der Waals surface area contributed by atoms with Crippen LogP contribution in [0.5, 0.6) is 5.75 Å². The van der Waals surface area contributed by atoms with Crippen LogP contribution in [0.1, 0.15) is 32.4 Å². The number of rotatable bonds is 7. The van der Waals surface area contributed by atoms with Gasteiger partial charge in [0.15, 0.2) is 0 Å². The summed E-state index contributed by atoms with van der Waals surface area (Å²) < 4.78 is 6.74. The van der Waals surface area contributed by atoms with Crippen LogP contribution in [0.15, 0.2) is 53.3 Å². The number of para-hydroxylation sites is 2. The first-order valence-corrected chi connectivity index (χ1v) is 10.9. The Morgan fingerprint density at radius 1 is 1.12 bits per heavy atom. The molecule has 2 aromatic carbocycles. The second-order valence-electron chi connectivity index (χ2n) is 8.18. The van der Waals surface area contributed by atoms with Crippen LogP contribution >= 0.6 is 0 Å². The topological polar surface area (TPSA) is 123 Å². The van der Waals surface area contributed by atoms with Crippen LogP contribution in [0.3, 0.4) is 0 Å². The van der Waals surface area contributed by atoms with E-state index in [9.17, 15) is 19.2 Å². The summed E-state index contributed by atoms with van der Waals surface area (Å²) in [5.41, 5.74) is 2.98. The molecular weight excluding hydrogens is 438 g/mol. The van der Waals surface area contributed by atoms with E-state index in [1.807, 2.05) is 12.1 Å². The Bertz CT molecular complexity index is 1330. The lowest BCUT2D eigenvalue weighted by molar-refractivity contribution is -0.138. The SMILES string of the molecule is CCC1(C)NC(=O)N(NC(=O)CCc2nc3ccccc3n(-c3ccc(OC)cc3)c2=O)C1=O. The van der Waals surface area contributed by atoms with Gasteiger partial charge in [-0.25, -0.2) is 9.78 Å². The number of carbonyl (C=O) groups is 3. The van der Waals surface area contributed by atoms with Gasteiger partial charge in [-0.2, -0.15) is 5.01 Å². The fourth-order valence-electron chi connectivity index (χ4n) is 3.77. The summed E-state index contributed by atoms with van der Waals surface area (Å²) >= 11 is 0. The van der Waals surface area contributed by atoms with Crippen molar-refractivity contribution in [3.8, 4) is 11.4 Å². The number of carbonyl (C=O) groups excluding carboxylic acids is 3. The molecule has 0 radical (unpaired) electrons. The highest BCUT2D eigenvalue weighted by molar-refractivity contribution is 6.07. The minimum absolute atomic E-state index is 0.0281. The maximum absolute atomic E-state index is 13.3. The number of hydrogen-bond donors (Lipinski definition) is 2. The van der Waals surface area contributed by atoms with Crippen LogP contribution in [0.4, 0.5) is 4.79 Å². The predicted octanol–water partition coefficient (Wildman–Crippen LogP) is 2.08. The molecule has 1 unspecified atom stereocenters. The van der Waals surface area contributed by atoms with Gasteiger partial charge in [-0.3, -0.25) is 24.4 Å². The maximum atomic E-state index is 13.3. The molecule has 0 bridgehead atoms. The zero-order valence-corrected chi connectivity index (χ0v) is 19.1. The Morgan fingerprint density at radius 2 is 1.82 bits per heavy atom. The fraction of sp³-hybridized carbons (Fsp3) is 0.292. The van der Waals surface area contributed by atoms with Gasteiger partial charge in [0.05, 0.1) is 18.1 Å². The molecule has 1 aromatic heterocycles. The molecule has 10 heteroatoms. The summed E-state index contributed by atoms with van der Waals surface area (Å²) in [4.78, 5) is 54.9. The Balaban J connectivity index is 1.59. The van der Waals surface area contributed by atoms with Gasteiger partial charge in [-0.05, 0) is 49.7 Å². The van der Waals surface area contributed by atoms with Crippen LogP contribution in [-0.2, 0) is 16.0 Å². The number of amides is 4. The lowest BCUT2D eigenvalue weighted by Gasteiger charge is -2.19. The lowest BCUT2D eigenvalue weighted by Crippen LogP contribution is -2.48. The number of benzene rings is 2. The highest BCUT2D eigenvalue weighted by Crippen LogP contribution is 2.20. The van der Waals surface area contributed by atoms with E-state index in [0.29, 0.717) is 33.9 Å². The van der Waals surface area contributed by atoms with Crippen LogP contribution in [-0.4, -0.2) is 45.1 Å². The second kappa shape index (κ2) is 8.97. The molecule has 2 heterocycles. The third kappa shape index (κ3) is 4.09. The molecule has 1 fully saturated rings. The van der Waals surface area contributed by atoms with Crippen molar-refractivity contribution in [3.63, 3.8) is 0 Å². The quantitative estimate of drug-likeness (QED) is 0.517. The Morgan fingerprint density at radius 3 is 2.47 bits per heavy atom. The largest absolute Gasteiger partial charge is 0.497 e. The number of aryl methyl sites for hydroxylation is 1. The van der Waals surface area contributed by atoms with Gasteiger partial charge in [-0.15, -0.1) is 0 Å². The molecular formula is C24H25N5O5. The average molecular weight is 463 g/mol. The average Bonchev–Trinajstić information content (AvgIpc) is 3.06. The summed E-state index contributed by atoms with van der Waals surface area (Å²) in [5.74, 6) is -0.444. The first-order chi connectivity index (χ1) is 16.3. The van der Waals surface area contributed by atoms with E-state index in [0.717, 1.165) is 0 Å². The molecule has 176 valence electrons. The van der Waals surface area contributed by atoms with Crippen molar-refractivity contribution in [1.82, 2.24) is 25.3 Å². The number of ether oxygens (including phenoxy) is 1. The third-order valence-corrected chi connectivity index (χ3v) is 5.95. The number of nitrogens with zero attached hydrogens (tertiary/aromatic N) is 3. The van der Waals surface area contributed by atoms with Gasteiger partial charge in [0, 0.05) is 18.5 Å². The van der Waals surface area contributed by atoms with Crippen LogP contribution in [0.2, 0.25) is 0 Å². The molecule has 4 rings (SSSR count). The molecule has 34 heavy (non-hydrogen) atoms. The van der Waals surface area contributed by atoms with E-state index < -0.39 is 23.4 Å². The standard InChI is InChI=1S/C24H25N5O5/c1-4-24(2)22(32)29(23(33)26-24)27-20(30)14-13-18-21(31)28(15-9-11-16(34-3)12-10-15)19-8-6-5-7-17(19)25-18/h5-12H,4,13-14H2,1-3H3,(H,26,33)(H,27,30). The highest BCUT2D eigenvalue weighted by Gasteiger charge is 2.47. The third-order valence-electron chi connectivity index (χ3n) is 5.95. The van der Waals surface area contributed by atoms with Gasteiger partial charge in [0.1, 0.15) is 17.0 Å². The van der Waals surface area contributed by atoms with E-state index in [1.54, 1.807) is 61.9 Å². The first kappa shape index (κ1) is 23.0. The van der Waals surface area contributed by atoms with Crippen molar-refractivity contribution in [2.75, 3.05) is 7.11 Å². The first-order valence-electron chi connectivity index (χ1n) is 10.9. The number of fused-ring (bicyclic) bond motifs is 1. The molecule has 1 atom stereocenters. The zero-order valence-electron chi connectivity index (χ0n) is 19.1. The van der Waals surface area contributed by atoms with E-state index >= 15 is 0 Å². The smallest absolute Gasteiger partial charge is 0.344 e. The van der Waals surface area contributed by atoms with Crippen LogP contribution < -0.4 is 21.0 Å². The number of nitrogens with one attached hydrogen (secondary N) is 2. The molecule has 1 saturated heterocycles. The van der Waals surface area contributed by atoms with E-state index in [2.05, 4.69) is 15.7 Å². The van der Waals surface area contributed by atoms with Crippen LogP contribution in [0, 0.1) is 0 Å². The molecule has 1 aliphatic heterocycles. The normalized spacial score (nSPS) is 17.7. The van der Waals surface area contributed by atoms with Crippen molar-refractivity contribution in [2.45, 2.75) is 38.6 Å². The Kier molecular flexibility index (Phi) is 6.06. The predicted molar refractivity (Wildman–Crippen MR) is 124 cm³/mol. The minimum atomic E-state index is -1.06. The summed E-state index contributed by atoms with van der Waals surface area (Å²) in [5, 5.41) is 3.26. The van der Waals surface area contributed by atoms with Gasteiger partial charge in [0.2, 0.25) is 5.91 Å². The minimum Gasteiger partial charge on any atom is -0.497 e. The molecule has 2 N–H and O–H groups in total. The number of urea groups is 1. The fourth-order valence-corrected chi connectivity index (χ4v) is 3.77. The van der Waals surface area contributed by atoms with Crippen LogP contribution in [0.25, 0.3) is 16.7 Å². The molecule has 3 aromatic rings. The summed E-state index contributed by atoms with van der Waals surface area (Å²) in [6.07, 6.45) is 0.277. The monoisotopic (exact) mass is 463 g/mol. The van der Waals surface area contributed by atoms with Crippen molar-refractivity contribution in [1.29, 1.82) is 0 Å². The molecule has 0 saturated carbocycles. The maximum Gasteiger partial charge on any atom is 0.344 e. The number of hydrazine groups is 1. The lowest BCUT2D eigenvalue weighted by atomic mass is 10.00. The van der Waals surface area contributed by atoms with Gasteiger partial charge < -0.3 is 10.1 Å². The van der Waals surface area contributed by atoms with Crippen molar-refractivity contribution < 1.29 is 19.1 Å². The molecule has 10 nitrogen and oxygen atoms in total. The highest BCUT2D eigenvalue weighted by atomic mass is 16.5. The summed E-state index contributed by atoms with van der Waals surface area (Å²) in [6, 6.07) is 13.6. The second-order valence-corrected chi connectivity index (χ2v) is 8.18. The van der Waals surface area contributed by atoms with Gasteiger partial charge in [-0.1, -0.05) is 19.1 Å². The van der Waals surface area contributed by atoms with Gasteiger partial charge in [0.25, 0.3) is 11.5 Å². The Hall–Kier alpha value is -4.21. The molecule has 0 aliphatic carbocycles. The number of methoxy groups -OCH3 is 1. The number of imide groups is 1. The van der Waals surface area contributed by atoms with E-state index in [-0.39, 0.29) is 24.1 Å². The van der Waals surface area contributed by atoms with E-state index in [1.165, 1.54) is 0 Å². The molecule has 4 amide bonds.